The number of hydrogen-bond donors (Lipinski definition) is 0. The maximum atomic E-state index is 12.5. The highest BCUT2D eigenvalue weighted by Gasteiger charge is 2.48. The molecule has 0 bridgehead atoms. The largest absolute Gasteiger partial charge is 0.468 e. The van der Waals surface area contributed by atoms with Crippen molar-refractivity contribution in [1.29, 1.82) is 0 Å². The monoisotopic (exact) mass is 332 g/mol. The molecule has 1 fully saturated rings. The number of esters is 2. The van der Waals surface area contributed by atoms with Gasteiger partial charge in [0.1, 0.15) is 6.10 Å². The number of carbonyl (C=O) groups is 2. The van der Waals surface area contributed by atoms with Crippen LogP contribution < -0.4 is 0 Å². The van der Waals surface area contributed by atoms with Gasteiger partial charge in [0, 0.05) is 11.8 Å². The van der Waals surface area contributed by atoms with E-state index in [0.29, 0.717) is 0 Å². The van der Waals surface area contributed by atoms with Gasteiger partial charge in [-0.05, 0) is 23.8 Å². The highest BCUT2D eigenvalue weighted by atomic mass is 16.6. The van der Waals surface area contributed by atoms with Crippen molar-refractivity contribution in [3.05, 3.63) is 35.9 Å². The van der Waals surface area contributed by atoms with Gasteiger partial charge in [-0.15, -0.1) is 0 Å². The van der Waals surface area contributed by atoms with Crippen molar-refractivity contribution in [2.24, 2.45) is 17.3 Å². The Hall–Kier alpha value is -1.84. The standard InChI is InChI=1S/C20H28O4/c1-13-15(11-12-20(2,3)4)24-19(22)17(18(21)23-5)16(13)14-9-7-6-8-10-14/h6-10,13,15-17H,11-12H2,1-5H3/t13-,15-,16+,17?/m1/s1. The summed E-state index contributed by atoms with van der Waals surface area (Å²) in [6.07, 6.45) is 1.58. The SMILES string of the molecule is COC(=O)C1C(=O)O[C@H](CCC(C)(C)C)[C@@H](C)[C@H]1c1ccccc1. The first-order valence-corrected chi connectivity index (χ1v) is 8.58. The second kappa shape index (κ2) is 7.37. The molecule has 2 rings (SSSR count). The van der Waals surface area contributed by atoms with Gasteiger partial charge in [-0.25, -0.2) is 0 Å². The van der Waals surface area contributed by atoms with E-state index in [0.717, 1.165) is 18.4 Å². The summed E-state index contributed by atoms with van der Waals surface area (Å²) in [4.78, 5) is 24.7. The Morgan fingerprint density at radius 2 is 1.83 bits per heavy atom. The number of cyclic esters (lactones) is 1. The molecule has 0 radical (unpaired) electrons. The Morgan fingerprint density at radius 1 is 1.21 bits per heavy atom. The average molecular weight is 332 g/mol. The second-order valence-corrected chi connectivity index (χ2v) is 7.87. The molecule has 4 atom stereocenters. The van der Waals surface area contributed by atoms with E-state index >= 15 is 0 Å². The fourth-order valence-corrected chi connectivity index (χ4v) is 3.45. The van der Waals surface area contributed by atoms with Crippen molar-refractivity contribution >= 4 is 11.9 Å². The molecule has 1 heterocycles. The van der Waals surface area contributed by atoms with E-state index in [1.165, 1.54) is 7.11 Å². The zero-order valence-electron chi connectivity index (χ0n) is 15.2. The Bertz CT molecular complexity index is 573. The zero-order valence-corrected chi connectivity index (χ0v) is 15.2. The molecule has 0 N–H and O–H groups in total. The first-order chi connectivity index (χ1) is 11.2. The van der Waals surface area contributed by atoms with E-state index in [2.05, 4.69) is 27.7 Å². The van der Waals surface area contributed by atoms with Crippen molar-refractivity contribution in [3.63, 3.8) is 0 Å². The summed E-state index contributed by atoms with van der Waals surface area (Å²) in [6.45, 7) is 8.59. The topological polar surface area (TPSA) is 52.6 Å². The molecule has 0 amide bonds. The Kier molecular flexibility index (Phi) is 5.68. The lowest BCUT2D eigenvalue weighted by Crippen LogP contribution is -2.46. The lowest BCUT2D eigenvalue weighted by Gasteiger charge is -2.40. The smallest absolute Gasteiger partial charge is 0.321 e. The van der Waals surface area contributed by atoms with Gasteiger partial charge in [0.25, 0.3) is 0 Å². The third-order valence-electron chi connectivity index (χ3n) is 4.85. The van der Waals surface area contributed by atoms with Crippen LogP contribution in [0.3, 0.4) is 0 Å². The summed E-state index contributed by atoms with van der Waals surface area (Å²) in [6, 6.07) is 9.73. The second-order valence-electron chi connectivity index (χ2n) is 7.87. The minimum Gasteiger partial charge on any atom is -0.468 e. The number of methoxy groups -OCH3 is 1. The first kappa shape index (κ1) is 18.5. The van der Waals surface area contributed by atoms with E-state index in [1.54, 1.807) is 0 Å². The summed E-state index contributed by atoms with van der Waals surface area (Å²) in [5, 5.41) is 0. The molecule has 1 saturated heterocycles. The zero-order chi connectivity index (χ0) is 17.9. The lowest BCUT2D eigenvalue weighted by molar-refractivity contribution is -0.177. The van der Waals surface area contributed by atoms with Gasteiger partial charge in [0.2, 0.25) is 0 Å². The van der Waals surface area contributed by atoms with E-state index in [4.69, 9.17) is 9.47 Å². The molecule has 24 heavy (non-hydrogen) atoms. The van der Waals surface area contributed by atoms with Crippen molar-refractivity contribution < 1.29 is 19.1 Å². The first-order valence-electron chi connectivity index (χ1n) is 8.58. The van der Waals surface area contributed by atoms with Crippen LogP contribution in [0, 0.1) is 17.3 Å². The molecule has 132 valence electrons. The van der Waals surface area contributed by atoms with E-state index in [1.807, 2.05) is 30.3 Å². The van der Waals surface area contributed by atoms with Crippen LogP contribution in [0.1, 0.15) is 52.0 Å². The van der Waals surface area contributed by atoms with Gasteiger partial charge < -0.3 is 9.47 Å². The van der Waals surface area contributed by atoms with Crippen LogP contribution in [0.2, 0.25) is 0 Å². The average Bonchev–Trinajstić information content (AvgIpc) is 2.54. The summed E-state index contributed by atoms with van der Waals surface area (Å²) in [5.41, 5.74) is 1.16. The Morgan fingerprint density at radius 3 is 2.38 bits per heavy atom. The third-order valence-corrected chi connectivity index (χ3v) is 4.85. The van der Waals surface area contributed by atoms with Crippen LogP contribution in [0.15, 0.2) is 30.3 Å². The van der Waals surface area contributed by atoms with Crippen LogP contribution in [0.4, 0.5) is 0 Å². The quantitative estimate of drug-likeness (QED) is 0.619. The molecule has 1 aliphatic heterocycles. The molecule has 1 aliphatic rings. The Balaban J connectivity index is 2.31. The number of rotatable bonds is 4. The molecule has 4 heteroatoms. The number of ether oxygens (including phenoxy) is 2. The molecular formula is C20H28O4. The minimum atomic E-state index is -0.890. The molecule has 1 aromatic rings. The van der Waals surface area contributed by atoms with Crippen molar-refractivity contribution in [2.75, 3.05) is 7.11 Å². The highest BCUT2D eigenvalue weighted by molar-refractivity contribution is 5.96. The molecule has 0 saturated carbocycles. The van der Waals surface area contributed by atoms with Gasteiger partial charge in [-0.2, -0.15) is 0 Å². The summed E-state index contributed by atoms with van der Waals surface area (Å²) in [5.74, 6) is -2.04. The van der Waals surface area contributed by atoms with E-state index in [9.17, 15) is 9.59 Å². The number of carbonyl (C=O) groups excluding carboxylic acids is 2. The molecule has 4 nitrogen and oxygen atoms in total. The predicted molar refractivity (Wildman–Crippen MR) is 92.4 cm³/mol. The lowest BCUT2D eigenvalue weighted by atomic mass is 9.71. The normalized spacial score (nSPS) is 27.5. The van der Waals surface area contributed by atoms with Gasteiger partial charge in [0.05, 0.1) is 7.11 Å². The van der Waals surface area contributed by atoms with Crippen molar-refractivity contribution in [3.8, 4) is 0 Å². The van der Waals surface area contributed by atoms with Crippen molar-refractivity contribution in [1.82, 2.24) is 0 Å². The summed E-state index contributed by atoms with van der Waals surface area (Å²) in [7, 11) is 1.31. The maximum absolute atomic E-state index is 12.5. The molecule has 0 spiro atoms. The number of benzene rings is 1. The van der Waals surface area contributed by atoms with Gasteiger partial charge in [-0.1, -0.05) is 58.0 Å². The van der Waals surface area contributed by atoms with Crippen LogP contribution in [-0.4, -0.2) is 25.2 Å². The Labute approximate surface area is 144 Å². The summed E-state index contributed by atoms with van der Waals surface area (Å²) < 4.78 is 10.5. The van der Waals surface area contributed by atoms with Crippen LogP contribution >= 0.6 is 0 Å². The molecule has 0 aromatic heterocycles. The fourth-order valence-electron chi connectivity index (χ4n) is 3.45. The predicted octanol–water partition coefficient (Wildman–Crippen LogP) is 3.95. The summed E-state index contributed by atoms with van der Waals surface area (Å²) >= 11 is 0. The third kappa shape index (κ3) is 4.16. The van der Waals surface area contributed by atoms with Gasteiger partial charge >= 0.3 is 11.9 Å². The van der Waals surface area contributed by atoms with Gasteiger partial charge in [-0.3, -0.25) is 9.59 Å². The van der Waals surface area contributed by atoms with Crippen LogP contribution in [-0.2, 0) is 19.1 Å². The highest BCUT2D eigenvalue weighted by Crippen LogP contribution is 2.42. The van der Waals surface area contributed by atoms with Crippen LogP contribution in [0.25, 0.3) is 0 Å². The van der Waals surface area contributed by atoms with E-state index < -0.39 is 17.9 Å². The van der Waals surface area contributed by atoms with Crippen molar-refractivity contribution in [2.45, 2.75) is 52.6 Å². The molecular weight excluding hydrogens is 304 g/mol. The van der Waals surface area contributed by atoms with Gasteiger partial charge in [0.15, 0.2) is 5.92 Å². The molecule has 1 aromatic carbocycles. The van der Waals surface area contributed by atoms with Crippen LogP contribution in [0.5, 0.6) is 0 Å². The number of hydrogen-bond acceptors (Lipinski definition) is 4. The van der Waals surface area contributed by atoms with E-state index in [-0.39, 0.29) is 23.4 Å². The fraction of sp³-hybridized carbons (Fsp3) is 0.600. The minimum absolute atomic E-state index is 0.0524. The molecule has 1 unspecified atom stereocenters. The molecule has 0 aliphatic carbocycles. The maximum Gasteiger partial charge on any atom is 0.321 e.